The predicted molar refractivity (Wildman–Crippen MR) is 45.2 cm³/mol. The van der Waals surface area contributed by atoms with E-state index in [-0.39, 0.29) is 0 Å². The van der Waals surface area contributed by atoms with Crippen LogP contribution in [-0.4, -0.2) is 26.0 Å². The summed E-state index contributed by atoms with van der Waals surface area (Å²) in [5.41, 5.74) is 0.995. The van der Waals surface area contributed by atoms with Crippen LogP contribution in [0.25, 0.3) is 0 Å². The summed E-state index contributed by atoms with van der Waals surface area (Å²) in [4.78, 5) is 10.5. The second kappa shape index (κ2) is 3.57. The van der Waals surface area contributed by atoms with Gasteiger partial charge in [-0.25, -0.2) is 4.79 Å². The molecule has 0 fully saturated rings. The molecule has 0 bridgehead atoms. The van der Waals surface area contributed by atoms with Gasteiger partial charge in [-0.2, -0.15) is 5.10 Å². The van der Waals surface area contributed by atoms with E-state index < -0.39 is 12.1 Å². The molecule has 0 aliphatic rings. The number of hydrogen-bond donors (Lipinski definition) is 2. The fourth-order valence-electron chi connectivity index (χ4n) is 1.19. The quantitative estimate of drug-likeness (QED) is 0.698. The molecule has 1 rings (SSSR count). The minimum atomic E-state index is -1.47. The summed E-state index contributed by atoms with van der Waals surface area (Å²) in [6, 6.07) is 0. The largest absolute Gasteiger partial charge is 0.479 e. The first kappa shape index (κ1) is 9.73. The minimum Gasteiger partial charge on any atom is -0.479 e. The lowest BCUT2D eigenvalue weighted by Gasteiger charge is -2.03. The molecular formula is C8H12N2O3. The maximum absolute atomic E-state index is 10.5. The highest BCUT2D eigenvalue weighted by molar-refractivity contribution is 5.74. The Labute approximate surface area is 75.6 Å². The molecule has 0 amide bonds. The number of aliphatic carboxylic acids is 1. The Morgan fingerprint density at radius 3 is 2.85 bits per heavy atom. The topological polar surface area (TPSA) is 75.3 Å². The summed E-state index contributed by atoms with van der Waals surface area (Å²) in [5, 5.41) is 21.9. The number of carboxylic acids is 1. The molecule has 0 spiro atoms. The summed E-state index contributed by atoms with van der Waals surface area (Å²) < 4.78 is 1.50. The van der Waals surface area contributed by atoms with Gasteiger partial charge < -0.3 is 10.2 Å². The zero-order chi connectivity index (χ0) is 10.0. The van der Waals surface area contributed by atoms with E-state index in [4.69, 9.17) is 5.11 Å². The molecule has 1 atom stereocenters. The van der Waals surface area contributed by atoms with Gasteiger partial charge in [0.1, 0.15) is 0 Å². The Hall–Kier alpha value is -1.36. The van der Waals surface area contributed by atoms with E-state index in [1.807, 2.05) is 6.92 Å². The molecule has 0 saturated carbocycles. The van der Waals surface area contributed by atoms with Crippen molar-refractivity contribution in [1.82, 2.24) is 9.78 Å². The SMILES string of the molecule is CCc1nn(C)cc1C(O)C(=O)O. The monoisotopic (exact) mass is 184 g/mol. The zero-order valence-electron chi connectivity index (χ0n) is 7.56. The van der Waals surface area contributed by atoms with Gasteiger partial charge in [0.15, 0.2) is 6.10 Å². The van der Waals surface area contributed by atoms with Crippen molar-refractivity contribution in [3.05, 3.63) is 17.5 Å². The van der Waals surface area contributed by atoms with Crippen molar-refractivity contribution in [2.75, 3.05) is 0 Å². The number of hydrogen-bond acceptors (Lipinski definition) is 3. The van der Waals surface area contributed by atoms with Crippen molar-refractivity contribution >= 4 is 5.97 Å². The molecule has 0 radical (unpaired) electrons. The minimum absolute atomic E-state index is 0.373. The van der Waals surface area contributed by atoms with Crippen LogP contribution in [0.1, 0.15) is 24.3 Å². The van der Waals surface area contributed by atoms with Crippen LogP contribution >= 0.6 is 0 Å². The third kappa shape index (κ3) is 1.86. The van der Waals surface area contributed by atoms with Gasteiger partial charge in [0.2, 0.25) is 0 Å². The average Bonchev–Trinajstić information content (AvgIpc) is 2.45. The standard InChI is InChI=1S/C8H12N2O3/c1-3-6-5(4-10(2)9-6)7(11)8(12)13/h4,7,11H,3H2,1-2H3,(H,12,13). The summed E-state index contributed by atoms with van der Waals surface area (Å²) in [6.45, 7) is 1.86. The van der Waals surface area contributed by atoms with Crippen LogP contribution in [0.5, 0.6) is 0 Å². The maximum atomic E-state index is 10.5. The van der Waals surface area contributed by atoms with Crippen LogP contribution in [0.15, 0.2) is 6.20 Å². The second-order valence-electron chi connectivity index (χ2n) is 2.80. The van der Waals surface area contributed by atoms with Crippen molar-refractivity contribution in [1.29, 1.82) is 0 Å². The van der Waals surface area contributed by atoms with Crippen molar-refractivity contribution in [2.24, 2.45) is 7.05 Å². The molecule has 0 aliphatic carbocycles. The van der Waals surface area contributed by atoms with E-state index in [0.29, 0.717) is 17.7 Å². The lowest BCUT2D eigenvalue weighted by molar-refractivity contribution is -0.147. The van der Waals surface area contributed by atoms with Gasteiger partial charge >= 0.3 is 5.97 Å². The Morgan fingerprint density at radius 1 is 1.77 bits per heavy atom. The van der Waals surface area contributed by atoms with Crippen molar-refractivity contribution in [2.45, 2.75) is 19.4 Å². The Bertz CT molecular complexity index is 319. The van der Waals surface area contributed by atoms with Gasteiger partial charge in [0, 0.05) is 18.8 Å². The van der Waals surface area contributed by atoms with Crippen molar-refractivity contribution in [3.8, 4) is 0 Å². The van der Waals surface area contributed by atoms with E-state index in [1.165, 1.54) is 10.9 Å². The molecule has 0 saturated heterocycles. The highest BCUT2D eigenvalue weighted by Crippen LogP contribution is 2.17. The molecule has 1 aromatic rings. The Kier molecular flexibility index (Phi) is 2.67. The first-order chi connectivity index (χ1) is 6.06. The first-order valence-corrected chi connectivity index (χ1v) is 3.99. The lowest BCUT2D eigenvalue weighted by atomic mass is 10.1. The van der Waals surface area contributed by atoms with Crippen molar-refractivity contribution in [3.63, 3.8) is 0 Å². The van der Waals surface area contributed by atoms with Gasteiger partial charge in [0.25, 0.3) is 0 Å². The van der Waals surface area contributed by atoms with Crippen LogP contribution in [-0.2, 0) is 18.3 Å². The Morgan fingerprint density at radius 2 is 2.38 bits per heavy atom. The van der Waals surface area contributed by atoms with E-state index in [1.54, 1.807) is 7.05 Å². The fourth-order valence-corrected chi connectivity index (χ4v) is 1.19. The molecule has 2 N–H and O–H groups in total. The number of aryl methyl sites for hydroxylation is 2. The molecule has 0 aromatic carbocycles. The van der Waals surface area contributed by atoms with Crippen molar-refractivity contribution < 1.29 is 15.0 Å². The maximum Gasteiger partial charge on any atom is 0.337 e. The molecule has 0 aliphatic heterocycles. The lowest BCUT2D eigenvalue weighted by Crippen LogP contribution is -2.11. The molecule has 5 heteroatoms. The predicted octanol–water partition coefficient (Wildman–Crippen LogP) is 0.100. The van der Waals surface area contributed by atoms with Gasteiger partial charge in [-0.3, -0.25) is 4.68 Å². The van der Waals surface area contributed by atoms with Gasteiger partial charge in [0.05, 0.1) is 5.69 Å². The van der Waals surface area contributed by atoms with Crippen LogP contribution in [0, 0.1) is 0 Å². The van der Waals surface area contributed by atoms with Gasteiger partial charge in [-0.05, 0) is 6.42 Å². The first-order valence-electron chi connectivity index (χ1n) is 3.99. The highest BCUT2D eigenvalue weighted by atomic mass is 16.4. The number of aliphatic hydroxyl groups is 1. The summed E-state index contributed by atoms with van der Waals surface area (Å²) in [6.07, 6.45) is 0.668. The highest BCUT2D eigenvalue weighted by Gasteiger charge is 2.21. The van der Waals surface area contributed by atoms with E-state index in [9.17, 15) is 9.90 Å². The number of rotatable bonds is 3. The smallest absolute Gasteiger partial charge is 0.337 e. The van der Waals surface area contributed by atoms with E-state index >= 15 is 0 Å². The number of nitrogens with zero attached hydrogens (tertiary/aromatic N) is 2. The van der Waals surface area contributed by atoms with E-state index in [2.05, 4.69) is 5.10 Å². The zero-order valence-corrected chi connectivity index (χ0v) is 7.56. The molecule has 1 heterocycles. The van der Waals surface area contributed by atoms with Crippen LogP contribution in [0.2, 0.25) is 0 Å². The molecule has 13 heavy (non-hydrogen) atoms. The van der Waals surface area contributed by atoms with Gasteiger partial charge in [-0.1, -0.05) is 6.92 Å². The average molecular weight is 184 g/mol. The summed E-state index contributed by atoms with van der Waals surface area (Å²) >= 11 is 0. The number of aliphatic hydroxyl groups excluding tert-OH is 1. The number of carboxylic acid groups (broad SMARTS) is 1. The van der Waals surface area contributed by atoms with E-state index in [0.717, 1.165) is 0 Å². The summed E-state index contributed by atoms with van der Waals surface area (Å²) in [5.74, 6) is -1.25. The molecular weight excluding hydrogens is 172 g/mol. The third-order valence-corrected chi connectivity index (χ3v) is 1.80. The molecule has 72 valence electrons. The van der Waals surface area contributed by atoms with Gasteiger partial charge in [-0.15, -0.1) is 0 Å². The second-order valence-corrected chi connectivity index (χ2v) is 2.80. The van der Waals surface area contributed by atoms with Crippen LogP contribution < -0.4 is 0 Å². The number of carbonyl (C=O) groups is 1. The Balaban J connectivity index is 3.05. The fraction of sp³-hybridized carbons (Fsp3) is 0.500. The number of aromatic nitrogens is 2. The molecule has 1 aromatic heterocycles. The third-order valence-electron chi connectivity index (χ3n) is 1.80. The van der Waals surface area contributed by atoms with Crippen LogP contribution in [0.3, 0.4) is 0 Å². The molecule has 5 nitrogen and oxygen atoms in total. The normalized spacial score (nSPS) is 12.8. The van der Waals surface area contributed by atoms with Crippen LogP contribution in [0.4, 0.5) is 0 Å². The molecule has 1 unspecified atom stereocenters. The summed E-state index contributed by atoms with van der Waals surface area (Å²) in [7, 11) is 1.69.